The highest BCUT2D eigenvalue weighted by atomic mass is 35.5. The number of aryl methyl sites for hydroxylation is 1. The fourth-order valence-electron chi connectivity index (χ4n) is 5.53. The fraction of sp³-hybridized carbons (Fsp3) is 0.303. The number of piperazine rings is 1. The van der Waals surface area contributed by atoms with E-state index in [1.807, 2.05) is 77.7 Å². The van der Waals surface area contributed by atoms with Crippen LogP contribution in [-0.4, -0.2) is 76.1 Å². The van der Waals surface area contributed by atoms with Gasteiger partial charge in [-0.1, -0.05) is 23.7 Å². The van der Waals surface area contributed by atoms with Gasteiger partial charge in [0.25, 0.3) is 5.91 Å². The Balaban J connectivity index is 1.29. The van der Waals surface area contributed by atoms with E-state index < -0.39 is 5.97 Å². The zero-order valence-corrected chi connectivity index (χ0v) is 26.0. The van der Waals surface area contributed by atoms with Crippen molar-refractivity contribution in [1.29, 1.82) is 0 Å². The summed E-state index contributed by atoms with van der Waals surface area (Å²) in [4.78, 5) is 36.2. The van der Waals surface area contributed by atoms with Crippen molar-refractivity contribution in [1.82, 2.24) is 24.7 Å². The van der Waals surface area contributed by atoms with Crippen molar-refractivity contribution in [3.05, 3.63) is 100 Å². The number of likely N-dealkylation sites (N-methyl/N-ethyl adjacent to an activating group) is 1. The molecule has 0 bridgehead atoms. The van der Waals surface area contributed by atoms with Crippen LogP contribution in [-0.2, 0) is 13.1 Å². The lowest BCUT2D eigenvalue weighted by Gasteiger charge is -2.34. The summed E-state index contributed by atoms with van der Waals surface area (Å²) < 4.78 is 2.02. The number of fused-ring (bicyclic) bond motifs is 1. The van der Waals surface area contributed by atoms with Crippen molar-refractivity contribution in [3.63, 3.8) is 0 Å². The van der Waals surface area contributed by atoms with Gasteiger partial charge in [0.1, 0.15) is 5.82 Å². The van der Waals surface area contributed by atoms with E-state index in [2.05, 4.69) is 10.2 Å². The number of aromatic carboxylic acids is 1. The van der Waals surface area contributed by atoms with Crippen molar-refractivity contribution in [2.75, 3.05) is 44.7 Å². The number of nitrogens with one attached hydrogen (secondary N) is 1. The normalized spacial score (nSPS) is 14.2. The molecule has 1 saturated heterocycles. The number of nitrogens with two attached hydrogens (primary N) is 1. The Morgan fingerprint density at radius 2 is 1.84 bits per heavy atom. The number of benzene rings is 3. The number of hydrogen-bond donors (Lipinski definition) is 3. The van der Waals surface area contributed by atoms with Crippen LogP contribution < -0.4 is 16.0 Å². The molecular weight excluding hydrogens is 578 g/mol. The third-order valence-electron chi connectivity index (χ3n) is 7.98. The predicted molar refractivity (Wildman–Crippen MR) is 175 cm³/mol. The molecular formula is C33H38ClN7O3. The van der Waals surface area contributed by atoms with Gasteiger partial charge in [-0.15, -0.1) is 0 Å². The van der Waals surface area contributed by atoms with E-state index in [4.69, 9.17) is 22.3 Å². The van der Waals surface area contributed by atoms with E-state index in [1.165, 1.54) is 6.20 Å². The minimum Gasteiger partial charge on any atom is -0.478 e. The number of anilines is 2. The summed E-state index contributed by atoms with van der Waals surface area (Å²) >= 11 is 6.51. The molecule has 0 spiro atoms. The van der Waals surface area contributed by atoms with E-state index in [0.717, 1.165) is 39.5 Å². The first-order valence-corrected chi connectivity index (χ1v) is 15.0. The number of imidazole rings is 1. The molecule has 1 fully saturated rings. The van der Waals surface area contributed by atoms with Gasteiger partial charge in [0, 0.05) is 62.9 Å². The van der Waals surface area contributed by atoms with Crippen LogP contribution in [0.1, 0.15) is 39.0 Å². The number of carboxylic acids is 1. The van der Waals surface area contributed by atoms with Gasteiger partial charge in [0.05, 0.1) is 40.4 Å². The van der Waals surface area contributed by atoms with E-state index in [9.17, 15) is 14.7 Å². The van der Waals surface area contributed by atoms with Gasteiger partial charge in [-0.05, 0) is 67.9 Å². The highest BCUT2D eigenvalue weighted by molar-refractivity contribution is 6.33. The largest absolute Gasteiger partial charge is 0.478 e. The van der Waals surface area contributed by atoms with Gasteiger partial charge in [0.2, 0.25) is 0 Å². The first-order valence-electron chi connectivity index (χ1n) is 14.7. The monoisotopic (exact) mass is 615 g/mol. The number of carboxylic acid groups (broad SMARTS) is 1. The van der Waals surface area contributed by atoms with Crippen LogP contribution in [0.3, 0.4) is 0 Å². The number of amides is 1. The van der Waals surface area contributed by atoms with Crippen LogP contribution in [0.4, 0.5) is 11.4 Å². The van der Waals surface area contributed by atoms with Crippen molar-refractivity contribution in [3.8, 4) is 0 Å². The lowest BCUT2D eigenvalue weighted by Crippen LogP contribution is -2.48. The molecule has 0 atom stereocenters. The third kappa shape index (κ3) is 6.66. The lowest BCUT2D eigenvalue weighted by molar-refractivity contribution is 0.0623. The number of rotatable bonds is 10. The second-order valence-electron chi connectivity index (χ2n) is 11.0. The molecule has 1 aromatic heterocycles. The number of nitrogens with zero attached hydrogens (tertiary/aromatic N) is 5. The van der Waals surface area contributed by atoms with Gasteiger partial charge in [0.15, 0.2) is 0 Å². The van der Waals surface area contributed by atoms with Crippen LogP contribution in [0.5, 0.6) is 0 Å². The molecule has 1 aliphatic rings. The summed E-state index contributed by atoms with van der Waals surface area (Å²) in [6.07, 6.45) is 1.53. The molecule has 4 N–H and O–H groups in total. The molecule has 0 radical (unpaired) electrons. The van der Waals surface area contributed by atoms with E-state index in [-0.39, 0.29) is 11.5 Å². The third-order valence-corrected chi connectivity index (χ3v) is 8.28. The quantitative estimate of drug-likeness (QED) is 0.232. The second-order valence-corrected chi connectivity index (χ2v) is 11.4. The number of halogens is 1. The van der Waals surface area contributed by atoms with Crippen LogP contribution in [0, 0.1) is 6.92 Å². The first kappa shape index (κ1) is 30.9. The molecule has 2 heterocycles. The zero-order chi connectivity index (χ0) is 31.4. The van der Waals surface area contributed by atoms with E-state index in [0.29, 0.717) is 56.4 Å². The molecule has 10 nitrogen and oxygen atoms in total. The Hall–Kier alpha value is -4.54. The molecule has 11 heteroatoms. The minimum absolute atomic E-state index is 0.00768. The van der Waals surface area contributed by atoms with E-state index >= 15 is 0 Å². The standard InChI is InChI=1S/C33H38ClN7O3/c1-4-36-25(19-35)20-41-30-18-24(33(43)44)9-10-28(30)37-31(41)21-39-12-14-40(15-13-39)32(42)23-6-5-7-26(17-23)38(3)29-11-8-22(2)16-27(29)34/h5-11,16-19,36H,4,12-15,20-21,35H2,1-3H3,(H,43,44)/b25-19-. The van der Waals surface area contributed by atoms with Crippen molar-refractivity contribution in [2.45, 2.75) is 26.9 Å². The van der Waals surface area contributed by atoms with Gasteiger partial charge < -0.3 is 30.5 Å². The summed E-state index contributed by atoms with van der Waals surface area (Å²) in [5, 5.41) is 13.5. The molecule has 1 amide bonds. The highest BCUT2D eigenvalue weighted by Crippen LogP contribution is 2.32. The smallest absolute Gasteiger partial charge is 0.335 e. The van der Waals surface area contributed by atoms with Crippen LogP contribution in [0.25, 0.3) is 11.0 Å². The maximum absolute atomic E-state index is 13.5. The maximum atomic E-state index is 13.5. The maximum Gasteiger partial charge on any atom is 0.335 e. The number of hydrogen-bond acceptors (Lipinski definition) is 7. The Kier molecular flexibility index (Phi) is 9.41. The van der Waals surface area contributed by atoms with Crippen molar-refractivity contribution < 1.29 is 14.7 Å². The molecule has 5 rings (SSSR count). The average molecular weight is 616 g/mol. The molecule has 0 saturated carbocycles. The molecule has 230 valence electrons. The van der Waals surface area contributed by atoms with Crippen LogP contribution >= 0.6 is 11.6 Å². The Bertz CT molecular complexity index is 1710. The number of allylic oxidation sites excluding steroid dienone is 1. The van der Waals surface area contributed by atoms with Crippen molar-refractivity contribution in [2.24, 2.45) is 5.73 Å². The molecule has 44 heavy (non-hydrogen) atoms. The Morgan fingerprint density at radius 3 is 2.52 bits per heavy atom. The Labute approximate surface area is 262 Å². The molecule has 1 aliphatic heterocycles. The van der Waals surface area contributed by atoms with Gasteiger partial charge >= 0.3 is 5.97 Å². The number of carbonyl (C=O) groups is 2. The molecule has 3 aromatic carbocycles. The molecule has 0 unspecified atom stereocenters. The first-order chi connectivity index (χ1) is 21.2. The fourth-order valence-corrected chi connectivity index (χ4v) is 5.89. The van der Waals surface area contributed by atoms with Crippen molar-refractivity contribution >= 4 is 45.9 Å². The molecule has 4 aromatic rings. The SMILES string of the molecule is CCN/C(=C\N)Cn1c(CN2CCN(C(=O)c3cccc(N(C)c4ccc(C)cc4Cl)c3)CC2)nc2ccc(C(=O)O)cc21. The summed E-state index contributed by atoms with van der Waals surface area (Å²) in [6.45, 7) is 8.23. The van der Waals surface area contributed by atoms with Gasteiger partial charge in [-0.2, -0.15) is 0 Å². The minimum atomic E-state index is -0.987. The zero-order valence-electron chi connectivity index (χ0n) is 25.3. The lowest BCUT2D eigenvalue weighted by atomic mass is 10.1. The summed E-state index contributed by atoms with van der Waals surface area (Å²) in [5.41, 5.74) is 11.8. The Morgan fingerprint density at radius 1 is 1.07 bits per heavy atom. The summed E-state index contributed by atoms with van der Waals surface area (Å²) in [6, 6.07) is 18.5. The topological polar surface area (TPSA) is 120 Å². The van der Waals surface area contributed by atoms with Gasteiger partial charge in [-0.3, -0.25) is 9.69 Å². The predicted octanol–water partition coefficient (Wildman–Crippen LogP) is 4.83. The summed E-state index contributed by atoms with van der Waals surface area (Å²) in [7, 11) is 1.94. The summed E-state index contributed by atoms with van der Waals surface area (Å²) in [5.74, 6) is -0.184. The van der Waals surface area contributed by atoms with Crippen LogP contribution in [0.2, 0.25) is 5.02 Å². The average Bonchev–Trinajstić information content (AvgIpc) is 3.36. The highest BCUT2D eigenvalue weighted by Gasteiger charge is 2.25. The van der Waals surface area contributed by atoms with Gasteiger partial charge in [-0.25, -0.2) is 9.78 Å². The van der Waals surface area contributed by atoms with Crippen LogP contribution in [0.15, 0.2) is 72.6 Å². The van der Waals surface area contributed by atoms with E-state index in [1.54, 1.807) is 18.2 Å². The number of carbonyl (C=O) groups excluding carboxylic acids is 1. The second kappa shape index (κ2) is 13.4. The molecule has 0 aliphatic carbocycles. The number of aromatic nitrogens is 2.